The van der Waals surface area contributed by atoms with Crippen molar-refractivity contribution in [2.75, 3.05) is 11.8 Å². The van der Waals surface area contributed by atoms with E-state index < -0.39 is 10.0 Å². The zero-order valence-corrected chi connectivity index (χ0v) is 11.8. The maximum absolute atomic E-state index is 12.1. The lowest BCUT2D eigenvalue weighted by Gasteiger charge is -2.10. The standard InChI is InChI=1S/C12H14N4O3S/c1-8-3-4-9(12(17)13-2)7-10(8)16-20(18,19)11-5-6-14-15-11/h3-7,16H,1-2H3,(H,13,17)(H,14,15). The van der Waals surface area contributed by atoms with Crippen molar-refractivity contribution in [3.8, 4) is 0 Å². The van der Waals surface area contributed by atoms with Crippen LogP contribution in [-0.4, -0.2) is 31.6 Å². The summed E-state index contributed by atoms with van der Waals surface area (Å²) in [6.45, 7) is 1.75. The molecule has 2 aromatic rings. The first kappa shape index (κ1) is 14.1. The fourth-order valence-electron chi connectivity index (χ4n) is 1.61. The van der Waals surface area contributed by atoms with Crippen LogP contribution in [0.4, 0.5) is 5.69 Å². The molecule has 0 aliphatic carbocycles. The molecule has 8 heteroatoms. The minimum absolute atomic E-state index is 0.0396. The van der Waals surface area contributed by atoms with Gasteiger partial charge in [-0.2, -0.15) is 13.5 Å². The van der Waals surface area contributed by atoms with Crippen LogP contribution in [0.5, 0.6) is 0 Å². The number of carbonyl (C=O) groups is 1. The molecule has 0 aliphatic rings. The van der Waals surface area contributed by atoms with E-state index in [1.54, 1.807) is 19.1 Å². The van der Waals surface area contributed by atoms with Gasteiger partial charge in [0.2, 0.25) is 0 Å². The van der Waals surface area contributed by atoms with Crippen LogP contribution in [0.1, 0.15) is 15.9 Å². The van der Waals surface area contributed by atoms with Crippen LogP contribution in [0, 0.1) is 6.92 Å². The normalized spacial score (nSPS) is 11.1. The number of nitrogens with zero attached hydrogens (tertiary/aromatic N) is 1. The number of anilines is 1. The SMILES string of the molecule is CNC(=O)c1ccc(C)c(NS(=O)(=O)c2ccn[nH]2)c1. The molecule has 0 atom stereocenters. The van der Waals surface area contributed by atoms with Crippen molar-refractivity contribution in [2.24, 2.45) is 0 Å². The number of aromatic amines is 1. The van der Waals surface area contributed by atoms with Gasteiger partial charge in [-0.05, 0) is 30.7 Å². The zero-order chi connectivity index (χ0) is 14.8. The van der Waals surface area contributed by atoms with Crippen molar-refractivity contribution in [1.29, 1.82) is 0 Å². The average molecular weight is 294 g/mol. The van der Waals surface area contributed by atoms with E-state index in [0.717, 1.165) is 0 Å². The fourth-order valence-corrected chi connectivity index (χ4v) is 2.64. The van der Waals surface area contributed by atoms with Gasteiger partial charge >= 0.3 is 0 Å². The average Bonchev–Trinajstić information content (AvgIpc) is 2.95. The smallest absolute Gasteiger partial charge is 0.278 e. The fraction of sp³-hybridized carbons (Fsp3) is 0.167. The number of sulfonamides is 1. The Morgan fingerprint density at radius 2 is 2.05 bits per heavy atom. The lowest BCUT2D eigenvalue weighted by molar-refractivity contribution is 0.0963. The number of hydrogen-bond acceptors (Lipinski definition) is 4. The molecule has 0 bridgehead atoms. The van der Waals surface area contributed by atoms with Gasteiger partial charge in [0.05, 0.1) is 11.9 Å². The van der Waals surface area contributed by atoms with Crippen LogP contribution >= 0.6 is 0 Å². The molecular formula is C12H14N4O3S. The summed E-state index contributed by atoms with van der Waals surface area (Å²) in [6, 6.07) is 6.14. The molecule has 0 fully saturated rings. The molecule has 1 aromatic carbocycles. The van der Waals surface area contributed by atoms with Gasteiger partial charge in [0.1, 0.15) is 0 Å². The van der Waals surface area contributed by atoms with Crippen LogP contribution in [0.3, 0.4) is 0 Å². The monoisotopic (exact) mass is 294 g/mol. The predicted molar refractivity (Wildman–Crippen MR) is 74.0 cm³/mol. The molecule has 2 rings (SSSR count). The summed E-state index contributed by atoms with van der Waals surface area (Å²) in [5, 5.41) is 8.44. The first-order valence-corrected chi connectivity index (χ1v) is 7.27. The number of carbonyl (C=O) groups excluding carboxylic acids is 1. The Kier molecular flexibility index (Phi) is 3.75. The highest BCUT2D eigenvalue weighted by molar-refractivity contribution is 7.92. The second kappa shape index (κ2) is 5.33. The predicted octanol–water partition coefficient (Wildman–Crippen LogP) is 0.879. The Labute approximate surface area is 116 Å². The molecule has 0 saturated heterocycles. The first-order valence-electron chi connectivity index (χ1n) is 5.79. The molecule has 0 saturated carbocycles. The summed E-state index contributed by atoms with van der Waals surface area (Å²) in [5.41, 5.74) is 1.43. The lowest BCUT2D eigenvalue weighted by Crippen LogP contribution is -2.19. The number of aromatic nitrogens is 2. The van der Waals surface area contributed by atoms with Crippen molar-refractivity contribution < 1.29 is 13.2 Å². The van der Waals surface area contributed by atoms with E-state index >= 15 is 0 Å². The molecule has 0 radical (unpaired) electrons. The van der Waals surface area contributed by atoms with E-state index in [0.29, 0.717) is 16.8 Å². The summed E-state index contributed by atoms with van der Waals surface area (Å²) in [4.78, 5) is 11.6. The number of nitrogens with one attached hydrogen (secondary N) is 3. The number of aryl methyl sites for hydroxylation is 1. The van der Waals surface area contributed by atoms with Gasteiger partial charge in [-0.15, -0.1) is 0 Å². The molecule has 0 unspecified atom stereocenters. The molecule has 20 heavy (non-hydrogen) atoms. The van der Waals surface area contributed by atoms with Crippen molar-refractivity contribution in [3.05, 3.63) is 41.6 Å². The van der Waals surface area contributed by atoms with Gasteiger partial charge < -0.3 is 5.32 Å². The Morgan fingerprint density at radius 3 is 2.65 bits per heavy atom. The Bertz CT molecular complexity index is 723. The Balaban J connectivity index is 2.36. The van der Waals surface area contributed by atoms with Crippen molar-refractivity contribution in [2.45, 2.75) is 11.9 Å². The van der Waals surface area contributed by atoms with Crippen molar-refractivity contribution in [1.82, 2.24) is 15.5 Å². The molecule has 7 nitrogen and oxygen atoms in total. The van der Waals surface area contributed by atoms with Gasteiger partial charge in [-0.1, -0.05) is 6.07 Å². The molecule has 106 valence electrons. The largest absolute Gasteiger partial charge is 0.355 e. The summed E-state index contributed by atoms with van der Waals surface area (Å²) in [5.74, 6) is -0.285. The molecule has 0 aliphatic heterocycles. The van der Waals surface area contributed by atoms with Crippen LogP contribution < -0.4 is 10.0 Å². The van der Waals surface area contributed by atoms with Gasteiger partial charge in [-0.25, -0.2) is 0 Å². The van der Waals surface area contributed by atoms with E-state index in [1.165, 1.54) is 25.4 Å². The number of benzene rings is 1. The van der Waals surface area contributed by atoms with E-state index in [1.807, 2.05) is 0 Å². The minimum atomic E-state index is -3.74. The highest BCUT2D eigenvalue weighted by atomic mass is 32.2. The van der Waals surface area contributed by atoms with Crippen LogP contribution in [-0.2, 0) is 10.0 Å². The first-order chi connectivity index (χ1) is 9.44. The van der Waals surface area contributed by atoms with Gasteiger partial charge in [0.15, 0.2) is 5.03 Å². The molecule has 1 aromatic heterocycles. The van der Waals surface area contributed by atoms with Crippen LogP contribution in [0.2, 0.25) is 0 Å². The second-order valence-electron chi connectivity index (χ2n) is 4.14. The molecule has 1 heterocycles. The number of rotatable bonds is 4. The number of hydrogen-bond donors (Lipinski definition) is 3. The minimum Gasteiger partial charge on any atom is -0.355 e. The van der Waals surface area contributed by atoms with Crippen molar-refractivity contribution in [3.63, 3.8) is 0 Å². The zero-order valence-electron chi connectivity index (χ0n) is 11.0. The van der Waals surface area contributed by atoms with Crippen LogP contribution in [0.25, 0.3) is 0 Å². The summed E-state index contributed by atoms with van der Waals surface area (Å²) < 4.78 is 26.6. The topological polar surface area (TPSA) is 104 Å². The summed E-state index contributed by atoms with van der Waals surface area (Å²) >= 11 is 0. The maximum atomic E-state index is 12.1. The number of H-pyrrole nitrogens is 1. The van der Waals surface area contributed by atoms with Gasteiger partial charge in [-0.3, -0.25) is 14.6 Å². The van der Waals surface area contributed by atoms with E-state index in [2.05, 4.69) is 20.2 Å². The highest BCUT2D eigenvalue weighted by Gasteiger charge is 2.17. The van der Waals surface area contributed by atoms with Gasteiger partial charge in [0, 0.05) is 12.6 Å². The number of amides is 1. The molecule has 1 amide bonds. The van der Waals surface area contributed by atoms with E-state index in [4.69, 9.17) is 0 Å². The second-order valence-corrected chi connectivity index (χ2v) is 5.79. The van der Waals surface area contributed by atoms with E-state index in [9.17, 15) is 13.2 Å². The Morgan fingerprint density at radius 1 is 1.30 bits per heavy atom. The van der Waals surface area contributed by atoms with Gasteiger partial charge in [0.25, 0.3) is 15.9 Å². The third-order valence-electron chi connectivity index (χ3n) is 2.74. The van der Waals surface area contributed by atoms with Crippen molar-refractivity contribution >= 4 is 21.6 Å². The Hall–Kier alpha value is -2.35. The quantitative estimate of drug-likeness (QED) is 0.778. The molecular weight excluding hydrogens is 280 g/mol. The third-order valence-corrected chi connectivity index (χ3v) is 4.03. The summed E-state index contributed by atoms with van der Waals surface area (Å²) in [7, 11) is -2.23. The van der Waals surface area contributed by atoms with Crippen LogP contribution in [0.15, 0.2) is 35.5 Å². The maximum Gasteiger partial charge on any atom is 0.278 e. The van der Waals surface area contributed by atoms with E-state index in [-0.39, 0.29) is 10.9 Å². The molecule has 3 N–H and O–H groups in total. The lowest BCUT2D eigenvalue weighted by atomic mass is 10.1. The molecule has 0 spiro atoms. The summed E-state index contributed by atoms with van der Waals surface area (Å²) in [6.07, 6.45) is 1.35. The third kappa shape index (κ3) is 2.80. The highest BCUT2D eigenvalue weighted by Crippen LogP contribution is 2.20.